The summed E-state index contributed by atoms with van der Waals surface area (Å²) in [4.78, 5) is 22.1. The minimum absolute atomic E-state index is 0.0337. The number of carbonyl (C=O) groups is 1. The topological polar surface area (TPSA) is 84.8 Å². The zero-order valence-corrected chi connectivity index (χ0v) is 19.3. The van der Waals surface area contributed by atoms with Gasteiger partial charge in [0.05, 0.1) is 7.11 Å². The molecule has 2 heterocycles. The maximum Gasteiger partial charge on any atom is 0.320 e. The number of ether oxygens (including phenoxy) is 2. The van der Waals surface area contributed by atoms with E-state index in [1.807, 2.05) is 42.2 Å². The van der Waals surface area contributed by atoms with Gasteiger partial charge in [0.15, 0.2) is 0 Å². The fourth-order valence-electron chi connectivity index (χ4n) is 4.38. The predicted octanol–water partition coefficient (Wildman–Crippen LogP) is 4.62. The van der Waals surface area contributed by atoms with Crippen molar-refractivity contribution in [2.45, 2.75) is 45.4 Å². The Kier molecular flexibility index (Phi) is 7.37. The molecule has 0 spiro atoms. The molecule has 178 valence electrons. The minimum Gasteiger partial charge on any atom is -0.481 e. The number of aromatic nitrogens is 2. The van der Waals surface area contributed by atoms with Gasteiger partial charge in [0, 0.05) is 23.9 Å². The summed E-state index contributed by atoms with van der Waals surface area (Å²) in [7, 11) is 1.49. The number of aliphatic carboxylic acids is 1. The fourth-order valence-corrected chi connectivity index (χ4v) is 4.38. The second-order valence-corrected chi connectivity index (χ2v) is 8.36. The van der Waals surface area contributed by atoms with Gasteiger partial charge in [-0.15, -0.1) is 0 Å². The van der Waals surface area contributed by atoms with Gasteiger partial charge in [-0.3, -0.25) is 9.69 Å². The van der Waals surface area contributed by atoms with Crippen molar-refractivity contribution in [3.8, 4) is 23.0 Å². The van der Waals surface area contributed by atoms with E-state index < -0.39 is 12.0 Å². The molecule has 8 heteroatoms. The molecule has 1 fully saturated rings. The Hall–Kier alpha value is -3.52. The molecule has 4 rings (SSSR count). The van der Waals surface area contributed by atoms with E-state index in [1.54, 1.807) is 12.3 Å². The lowest BCUT2D eigenvalue weighted by Gasteiger charge is -2.32. The number of hydrogen-bond donors (Lipinski definition) is 1. The molecule has 1 N–H and O–H groups in total. The number of methoxy groups -OCH3 is 1. The van der Waals surface area contributed by atoms with E-state index in [2.05, 4.69) is 9.97 Å². The smallest absolute Gasteiger partial charge is 0.320 e. The SMILES string of the molecule is COc1nc(OCc2c(F)ccc(-c3ccccc3)c2C)ncc1CN1CCCCC1C(=O)O. The molecule has 1 unspecified atom stereocenters. The van der Waals surface area contributed by atoms with E-state index in [0.717, 1.165) is 29.5 Å². The van der Waals surface area contributed by atoms with Gasteiger partial charge in [-0.05, 0) is 49.1 Å². The summed E-state index contributed by atoms with van der Waals surface area (Å²) >= 11 is 0. The Bertz CT molecular complexity index is 1160. The maximum atomic E-state index is 14.6. The molecule has 1 aliphatic rings. The Morgan fingerprint density at radius 2 is 2.00 bits per heavy atom. The number of rotatable bonds is 8. The summed E-state index contributed by atoms with van der Waals surface area (Å²) in [6.45, 7) is 2.89. The van der Waals surface area contributed by atoms with Crippen LogP contribution in [0.5, 0.6) is 11.9 Å². The fraction of sp³-hybridized carbons (Fsp3) is 0.346. The molecule has 1 saturated heterocycles. The average Bonchev–Trinajstić information content (AvgIpc) is 2.85. The molecule has 0 saturated carbocycles. The van der Waals surface area contributed by atoms with Crippen molar-refractivity contribution in [3.05, 3.63) is 71.2 Å². The van der Waals surface area contributed by atoms with Crippen LogP contribution in [0.25, 0.3) is 11.1 Å². The molecule has 0 bridgehead atoms. The third-order valence-electron chi connectivity index (χ3n) is 6.24. The Morgan fingerprint density at radius 1 is 1.21 bits per heavy atom. The molecule has 2 aromatic carbocycles. The van der Waals surface area contributed by atoms with Gasteiger partial charge in [0.25, 0.3) is 0 Å². The summed E-state index contributed by atoms with van der Waals surface area (Å²) in [5.74, 6) is -0.866. The number of piperidine rings is 1. The number of hydrogen-bond acceptors (Lipinski definition) is 6. The van der Waals surface area contributed by atoms with Crippen LogP contribution in [0.4, 0.5) is 4.39 Å². The first-order valence-corrected chi connectivity index (χ1v) is 11.3. The van der Waals surface area contributed by atoms with Crippen LogP contribution in [-0.2, 0) is 17.9 Å². The predicted molar refractivity (Wildman–Crippen MR) is 125 cm³/mol. The van der Waals surface area contributed by atoms with Crippen molar-refractivity contribution >= 4 is 5.97 Å². The zero-order valence-electron chi connectivity index (χ0n) is 19.3. The van der Waals surface area contributed by atoms with Gasteiger partial charge in [0.1, 0.15) is 18.5 Å². The lowest BCUT2D eigenvalue weighted by molar-refractivity contribution is -0.144. The van der Waals surface area contributed by atoms with Crippen molar-refractivity contribution in [2.24, 2.45) is 0 Å². The minimum atomic E-state index is -0.824. The van der Waals surface area contributed by atoms with Gasteiger partial charge in [0.2, 0.25) is 5.88 Å². The van der Waals surface area contributed by atoms with Crippen molar-refractivity contribution in [3.63, 3.8) is 0 Å². The van der Waals surface area contributed by atoms with Gasteiger partial charge in [-0.25, -0.2) is 9.37 Å². The number of nitrogens with zero attached hydrogens (tertiary/aromatic N) is 3. The van der Waals surface area contributed by atoms with Gasteiger partial charge in [-0.1, -0.05) is 42.8 Å². The molecule has 0 radical (unpaired) electrons. The van der Waals surface area contributed by atoms with Gasteiger partial charge >= 0.3 is 12.0 Å². The Morgan fingerprint density at radius 3 is 2.74 bits per heavy atom. The zero-order chi connectivity index (χ0) is 24.1. The van der Waals surface area contributed by atoms with Crippen molar-refractivity contribution in [1.29, 1.82) is 0 Å². The van der Waals surface area contributed by atoms with Crippen LogP contribution in [0, 0.1) is 12.7 Å². The lowest BCUT2D eigenvalue weighted by atomic mass is 9.96. The van der Waals surface area contributed by atoms with Crippen molar-refractivity contribution in [2.75, 3.05) is 13.7 Å². The number of likely N-dealkylation sites (tertiary alicyclic amines) is 1. The summed E-state index contributed by atoms with van der Waals surface area (Å²) in [6, 6.07) is 12.5. The molecule has 7 nitrogen and oxygen atoms in total. The molecular weight excluding hydrogens is 437 g/mol. The highest BCUT2D eigenvalue weighted by Gasteiger charge is 2.29. The molecule has 0 aliphatic carbocycles. The largest absolute Gasteiger partial charge is 0.481 e. The van der Waals surface area contributed by atoms with E-state index in [0.29, 0.717) is 36.5 Å². The summed E-state index contributed by atoms with van der Waals surface area (Å²) < 4.78 is 25.8. The Balaban J connectivity index is 1.51. The maximum absolute atomic E-state index is 14.6. The number of carboxylic acids is 1. The highest BCUT2D eigenvalue weighted by atomic mass is 19.1. The molecule has 1 aromatic heterocycles. The van der Waals surface area contributed by atoms with E-state index in [1.165, 1.54) is 13.2 Å². The van der Waals surface area contributed by atoms with Crippen LogP contribution in [0.1, 0.15) is 36.0 Å². The van der Waals surface area contributed by atoms with Crippen LogP contribution in [0.3, 0.4) is 0 Å². The van der Waals surface area contributed by atoms with E-state index in [9.17, 15) is 14.3 Å². The molecule has 0 amide bonds. The van der Waals surface area contributed by atoms with Crippen molar-refractivity contribution < 1.29 is 23.8 Å². The number of halogens is 1. The molecule has 1 aliphatic heterocycles. The number of carboxylic acid groups (broad SMARTS) is 1. The first kappa shape index (κ1) is 23.6. The third kappa shape index (κ3) is 5.17. The summed E-state index contributed by atoms with van der Waals surface area (Å²) in [5, 5.41) is 9.52. The molecule has 34 heavy (non-hydrogen) atoms. The second-order valence-electron chi connectivity index (χ2n) is 8.36. The van der Waals surface area contributed by atoms with Crippen LogP contribution >= 0.6 is 0 Å². The van der Waals surface area contributed by atoms with Crippen LogP contribution in [0.2, 0.25) is 0 Å². The normalized spacial score (nSPS) is 16.3. The Labute approximate surface area is 198 Å². The molecule has 1 atom stereocenters. The highest BCUT2D eigenvalue weighted by molar-refractivity contribution is 5.73. The van der Waals surface area contributed by atoms with E-state index in [-0.39, 0.29) is 18.4 Å². The second kappa shape index (κ2) is 10.6. The standard InChI is InChI=1S/C26H28FN3O4/c1-17-20(18-8-4-3-5-9-18)11-12-22(27)21(17)16-34-26-28-14-19(24(29-26)33-2)15-30-13-7-6-10-23(30)25(31)32/h3-5,8-9,11-12,14,23H,6-7,10,13,15-16H2,1-2H3,(H,31,32). The average molecular weight is 466 g/mol. The van der Waals surface area contributed by atoms with Crippen molar-refractivity contribution in [1.82, 2.24) is 14.9 Å². The van der Waals surface area contributed by atoms with Crippen LogP contribution in [0.15, 0.2) is 48.7 Å². The van der Waals surface area contributed by atoms with Gasteiger partial charge in [-0.2, -0.15) is 4.98 Å². The monoisotopic (exact) mass is 465 g/mol. The lowest BCUT2D eigenvalue weighted by Crippen LogP contribution is -2.44. The first-order valence-electron chi connectivity index (χ1n) is 11.3. The van der Waals surface area contributed by atoms with Gasteiger partial charge < -0.3 is 14.6 Å². The van der Waals surface area contributed by atoms with Crippen LogP contribution in [-0.4, -0.2) is 45.6 Å². The third-order valence-corrected chi connectivity index (χ3v) is 6.24. The molecule has 3 aromatic rings. The number of benzene rings is 2. The first-order chi connectivity index (χ1) is 16.5. The molecular formula is C26H28FN3O4. The quantitative estimate of drug-likeness (QED) is 0.520. The van der Waals surface area contributed by atoms with E-state index in [4.69, 9.17) is 9.47 Å². The van der Waals surface area contributed by atoms with Crippen LogP contribution < -0.4 is 9.47 Å². The summed E-state index contributed by atoms with van der Waals surface area (Å²) in [6.07, 6.45) is 4.04. The summed E-state index contributed by atoms with van der Waals surface area (Å²) in [5.41, 5.74) is 3.84. The van der Waals surface area contributed by atoms with E-state index >= 15 is 0 Å². The highest BCUT2D eigenvalue weighted by Crippen LogP contribution is 2.29.